The number of nitrogens with one attached hydrogen (secondary N) is 2. The highest BCUT2D eigenvalue weighted by Crippen LogP contribution is 2.50. The van der Waals surface area contributed by atoms with Crippen LogP contribution in [0.1, 0.15) is 156 Å². The molecule has 3 aliphatic rings. The number of nitrogens with two attached hydrogens (primary N) is 1. The lowest BCUT2D eigenvalue weighted by molar-refractivity contribution is -0.159. The van der Waals surface area contributed by atoms with Gasteiger partial charge in [0, 0.05) is 95.5 Å². The van der Waals surface area contributed by atoms with E-state index in [9.17, 15) is 48.3 Å². The van der Waals surface area contributed by atoms with Crippen molar-refractivity contribution < 1.29 is 72.1 Å². The standard InChI is InChI=1S/C61H69N5O11.C14H16O3.C13H20N2O/c1-7-46(39-18-11-8-12-19-39)53(60(74)76-35-33-63-55(68)43-26-30-45(31-27-43)65(5)6)50(58(71)72)37-48(41-22-15-10-16-23-41)52-49(36-47(40-20-13-9-14-21-40)51-38(2)59(73)77-61(51)75)56(69)66(57(52)70)34-17-32-62-54(67)42-24-28-44(29-25-42)64(3)4;1-3-11(10-7-5-4-6-8-10)12-9(2)13(15)17-14(12)16;1-15(2)12-8-6-11(7-9-12)13(16)5-3-4-10-14/h8-16,18-31,38,46-53H,7,17,32-37H2,1-6H3,(H,62,67)(H,63,68)(H,71,72);4-9,11-12H,3H2,1-2H3;6-9H,3-5,10,14H2,1-2H3. The molecule has 3 heterocycles. The van der Waals surface area contributed by atoms with Crippen molar-refractivity contribution in [1.82, 2.24) is 15.5 Å². The second-order valence-corrected chi connectivity index (χ2v) is 28.9. The predicted molar refractivity (Wildman–Crippen MR) is 422 cm³/mol. The number of hydrogen-bond donors (Lipinski definition) is 4. The molecule has 3 saturated heterocycles. The van der Waals surface area contributed by atoms with Gasteiger partial charge in [-0.05, 0) is 170 Å². The molecule has 12 atom stereocenters. The summed E-state index contributed by atoms with van der Waals surface area (Å²) in [5.74, 6) is -16.1. The SMILES string of the molecule is CCC(c1ccccc1)C(C(=O)OCCNC(=O)c1ccc(N(C)C)cc1)C(CC(c1ccccc1)C1C(=O)N(CCCNC(=O)c2ccc(N(C)C)cc2)C(=O)C1CC(c1ccccc1)C1C(=O)OC(=O)C1C)C(=O)O.CCC(c1ccccc1)C1C(=O)OC(=O)C1C.CN(C)c1ccc(C(=O)CCCCN)cc1. The van der Waals surface area contributed by atoms with Crippen LogP contribution in [0, 0.1) is 47.3 Å². The van der Waals surface area contributed by atoms with Crippen molar-refractivity contribution in [2.45, 2.75) is 103 Å². The van der Waals surface area contributed by atoms with E-state index in [0.717, 1.165) is 52.4 Å². The lowest BCUT2D eigenvalue weighted by Crippen LogP contribution is -2.40. The summed E-state index contributed by atoms with van der Waals surface area (Å²) in [6.07, 6.45) is 3.33. The largest absolute Gasteiger partial charge is 0.481 e. The van der Waals surface area contributed by atoms with E-state index in [2.05, 4.69) is 10.6 Å². The normalized spacial score (nSPS) is 18.8. The molecule has 4 amide bonds. The van der Waals surface area contributed by atoms with E-state index in [0.29, 0.717) is 47.2 Å². The van der Waals surface area contributed by atoms with Gasteiger partial charge in [-0.25, -0.2) is 0 Å². The van der Waals surface area contributed by atoms with Crippen molar-refractivity contribution in [2.24, 2.45) is 53.1 Å². The van der Waals surface area contributed by atoms with Gasteiger partial charge in [0.1, 0.15) is 6.61 Å². The number of cyclic esters (lactones) is 4. The molecule has 22 heteroatoms. The average Bonchev–Trinajstić information content (AvgIpc) is 1.45. The fourth-order valence-corrected chi connectivity index (χ4v) is 15.1. The molecular weight excluding hydrogens is 1400 g/mol. The molecule has 7 aromatic carbocycles. The highest BCUT2D eigenvalue weighted by atomic mass is 16.6. The van der Waals surface area contributed by atoms with E-state index in [1.54, 1.807) is 111 Å². The Balaban J connectivity index is 0.000000374. The Labute approximate surface area is 645 Å². The minimum absolute atomic E-state index is 0.0603. The Morgan fingerprint density at radius 1 is 0.491 bits per heavy atom. The summed E-state index contributed by atoms with van der Waals surface area (Å²) in [4.78, 5) is 154. The molecular formula is C88H105N7O15. The van der Waals surface area contributed by atoms with Gasteiger partial charge < -0.3 is 50.4 Å². The minimum Gasteiger partial charge on any atom is -0.481 e. The van der Waals surface area contributed by atoms with Crippen LogP contribution in [0.25, 0.3) is 0 Å². The number of aliphatic carboxylic acids is 1. The third kappa shape index (κ3) is 21.8. The Bertz CT molecular complexity index is 4240. The van der Waals surface area contributed by atoms with Gasteiger partial charge in [0.2, 0.25) is 11.8 Å². The number of benzene rings is 7. The third-order valence-corrected chi connectivity index (χ3v) is 21.2. The van der Waals surface area contributed by atoms with E-state index in [1.165, 1.54) is 0 Å². The van der Waals surface area contributed by atoms with E-state index < -0.39 is 94.9 Å². The zero-order chi connectivity index (χ0) is 79.7. The second-order valence-electron chi connectivity index (χ2n) is 28.9. The Morgan fingerprint density at radius 2 is 0.909 bits per heavy atom. The molecule has 3 aliphatic heterocycles. The van der Waals surface area contributed by atoms with Crippen molar-refractivity contribution in [2.75, 3.05) is 89.8 Å². The number of unbranched alkanes of at least 4 members (excludes halogenated alkanes) is 1. The van der Waals surface area contributed by atoms with Crippen molar-refractivity contribution in [3.63, 3.8) is 0 Å². The molecule has 0 aliphatic carbocycles. The number of nitrogens with zero attached hydrogens (tertiary/aromatic N) is 4. The van der Waals surface area contributed by atoms with Crippen LogP contribution in [0.2, 0.25) is 0 Å². The smallest absolute Gasteiger partial charge is 0.318 e. The molecule has 12 unspecified atom stereocenters. The third-order valence-electron chi connectivity index (χ3n) is 21.2. The van der Waals surface area contributed by atoms with Gasteiger partial charge in [0.05, 0.1) is 53.9 Å². The fraction of sp³-hybridized carbons (Fsp3) is 0.398. The lowest BCUT2D eigenvalue weighted by atomic mass is 9.66. The lowest BCUT2D eigenvalue weighted by Gasteiger charge is -2.35. The molecule has 3 fully saturated rings. The molecule has 7 aromatic rings. The van der Waals surface area contributed by atoms with E-state index in [1.807, 2.05) is 168 Å². The van der Waals surface area contributed by atoms with Gasteiger partial charge in [-0.2, -0.15) is 0 Å². The maximum atomic E-state index is 15.4. The van der Waals surface area contributed by atoms with Gasteiger partial charge in [-0.1, -0.05) is 149 Å². The van der Waals surface area contributed by atoms with Gasteiger partial charge in [0.25, 0.3) is 11.8 Å². The Kier molecular flexibility index (Phi) is 31.4. The van der Waals surface area contributed by atoms with Crippen LogP contribution in [0.15, 0.2) is 194 Å². The monoisotopic (exact) mass is 1500 g/mol. The number of hydrogen-bond acceptors (Lipinski definition) is 18. The average molecular weight is 1500 g/mol. The van der Waals surface area contributed by atoms with Crippen LogP contribution in [-0.4, -0.2) is 150 Å². The van der Waals surface area contributed by atoms with Crippen LogP contribution < -0.4 is 31.1 Å². The van der Waals surface area contributed by atoms with E-state index in [-0.39, 0.29) is 86.8 Å². The summed E-state index contributed by atoms with van der Waals surface area (Å²) in [7, 11) is 11.5. The number of rotatable bonds is 34. The number of carbonyl (C=O) groups is 11. The number of esters is 5. The zero-order valence-electron chi connectivity index (χ0n) is 64.6. The maximum Gasteiger partial charge on any atom is 0.318 e. The second kappa shape index (κ2) is 40.9. The molecule has 0 spiro atoms. The minimum atomic E-state index is -1.49. The quantitative estimate of drug-likeness (QED) is 0.00727. The first kappa shape index (κ1) is 84.5. The highest BCUT2D eigenvalue weighted by molar-refractivity contribution is 6.06. The summed E-state index contributed by atoms with van der Waals surface area (Å²) in [5.41, 5.74) is 12.9. The van der Waals surface area contributed by atoms with Gasteiger partial charge >= 0.3 is 35.8 Å². The summed E-state index contributed by atoms with van der Waals surface area (Å²) >= 11 is 0. The predicted octanol–water partition coefficient (Wildman–Crippen LogP) is 12.3. The number of carbonyl (C=O) groups excluding carboxylic acids is 10. The van der Waals surface area contributed by atoms with Crippen molar-refractivity contribution in [1.29, 1.82) is 0 Å². The highest BCUT2D eigenvalue weighted by Gasteiger charge is 2.56. The topological polar surface area (TPSA) is 299 Å². The number of carboxylic acids is 1. The first-order valence-electron chi connectivity index (χ1n) is 37.9. The van der Waals surface area contributed by atoms with Gasteiger partial charge in [-0.15, -0.1) is 0 Å². The number of anilines is 3. The summed E-state index contributed by atoms with van der Waals surface area (Å²) in [6.45, 7) is 7.59. The molecule has 0 bridgehead atoms. The fourth-order valence-electron chi connectivity index (χ4n) is 15.1. The van der Waals surface area contributed by atoms with Crippen molar-refractivity contribution >= 4 is 82.3 Å². The number of ether oxygens (including phenoxy) is 3. The van der Waals surface area contributed by atoms with Crippen LogP contribution in [0.4, 0.5) is 17.1 Å². The Morgan fingerprint density at radius 3 is 1.32 bits per heavy atom. The molecule has 22 nitrogen and oxygen atoms in total. The zero-order valence-corrected chi connectivity index (χ0v) is 64.6. The van der Waals surface area contributed by atoms with Gasteiger partial charge in [-0.3, -0.25) is 57.6 Å². The molecule has 582 valence electrons. The van der Waals surface area contributed by atoms with E-state index in [4.69, 9.17) is 19.9 Å². The molecule has 5 N–H and O–H groups in total. The van der Waals surface area contributed by atoms with Crippen LogP contribution >= 0.6 is 0 Å². The summed E-state index contributed by atoms with van der Waals surface area (Å²) in [5, 5.41) is 17.1. The number of ketones is 1. The molecule has 0 radical (unpaired) electrons. The van der Waals surface area contributed by atoms with Crippen LogP contribution in [-0.2, 0) is 52.6 Å². The maximum absolute atomic E-state index is 15.4. The molecule has 110 heavy (non-hydrogen) atoms. The molecule has 0 aromatic heterocycles. The van der Waals surface area contributed by atoms with Crippen LogP contribution in [0.3, 0.4) is 0 Å². The van der Waals surface area contributed by atoms with Crippen molar-refractivity contribution in [3.8, 4) is 0 Å². The van der Waals surface area contributed by atoms with Crippen molar-refractivity contribution in [3.05, 3.63) is 233 Å². The first-order valence-corrected chi connectivity index (χ1v) is 37.9. The number of amides is 4. The summed E-state index contributed by atoms with van der Waals surface area (Å²) < 4.78 is 15.8. The first-order chi connectivity index (χ1) is 52.8. The number of carboxylic acid groups (broad SMARTS) is 1. The summed E-state index contributed by atoms with van der Waals surface area (Å²) in [6, 6.07) is 58.5. The number of imide groups is 1. The van der Waals surface area contributed by atoms with Gasteiger partial charge in [0.15, 0.2) is 5.78 Å². The molecule has 0 saturated carbocycles. The van der Waals surface area contributed by atoms with Crippen LogP contribution in [0.5, 0.6) is 0 Å². The number of Topliss-reactive ketones (excluding diaryl/α,β-unsaturated/α-hetero) is 1. The van der Waals surface area contributed by atoms with E-state index >= 15 is 9.59 Å². The number of likely N-dealkylation sites (tertiary alicyclic amines) is 1. The Hall–Kier alpha value is -11.1. The molecule has 10 rings (SSSR count).